The summed E-state index contributed by atoms with van der Waals surface area (Å²) in [5.41, 5.74) is 7.54. The first-order valence-electron chi connectivity index (χ1n) is 7.02. The number of benzene rings is 1. The molecule has 2 N–H and O–H groups in total. The average Bonchev–Trinajstić information content (AvgIpc) is 2.43. The summed E-state index contributed by atoms with van der Waals surface area (Å²) in [4.78, 5) is 8.08. The van der Waals surface area contributed by atoms with Crippen molar-refractivity contribution in [3.63, 3.8) is 0 Å². The second-order valence-corrected chi connectivity index (χ2v) is 5.39. The van der Waals surface area contributed by atoms with Gasteiger partial charge >= 0.3 is 0 Å². The zero-order valence-electron chi connectivity index (χ0n) is 12.8. The van der Waals surface area contributed by atoms with Crippen LogP contribution in [0.5, 0.6) is 17.5 Å². The highest BCUT2D eigenvalue weighted by molar-refractivity contribution is 5.56. The lowest BCUT2D eigenvalue weighted by Gasteiger charge is -2.13. The second-order valence-electron chi connectivity index (χ2n) is 5.39. The molecule has 0 atom stereocenters. The smallest absolute Gasteiger partial charge is 0.249 e. The van der Waals surface area contributed by atoms with E-state index < -0.39 is 0 Å². The van der Waals surface area contributed by atoms with Crippen LogP contribution in [0.1, 0.15) is 39.2 Å². The molecule has 0 unspecified atom stereocenters. The van der Waals surface area contributed by atoms with E-state index >= 15 is 0 Å². The van der Waals surface area contributed by atoms with Gasteiger partial charge in [-0.1, -0.05) is 26.0 Å². The predicted octanol–water partition coefficient (Wildman–Crippen LogP) is 3.76. The molecule has 0 amide bonds. The van der Waals surface area contributed by atoms with Gasteiger partial charge in [0.1, 0.15) is 12.1 Å². The van der Waals surface area contributed by atoms with Crippen LogP contribution in [-0.2, 0) is 0 Å². The molecule has 2 rings (SSSR count). The molecule has 0 aliphatic heterocycles. The summed E-state index contributed by atoms with van der Waals surface area (Å²) in [6.07, 6.45) is 1.37. The van der Waals surface area contributed by atoms with E-state index in [4.69, 9.17) is 15.2 Å². The minimum atomic E-state index is -0.0135. The van der Waals surface area contributed by atoms with Crippen LogP contribution in [0.2, 0.25) is 0 Å². The largest absolute Gasteiger partial charge is 0.473 e. The third-order valence-electron chi connectivity index (χ3n) is 2.92. The molecule has 0 aliphatic carbocycles. The first kappa shape index (κ1) is 15.1. The van der Waals surface area contributed by atoms with Crippen LogP contribution in [0, 0.1) is 0 Å². The standard InChI is InChI=1S/C16H21N3O2/c1-10(2)12-5-7-13(8-6-12)21-16-14(17)15(18-9-19-16)20-11(3)4/h5-11H,17H2,1-4H3. The Balaban J connectivity index is 2.19. The van der Waals surface area contributed by atoms with Gasteiger partial charge in [-0.2, -0.15) is 9.97 Å². The van der Waals surface area contributed by atoms with Gasteiger partial charge in [-0.25, -0.2) is 0 Å². The molecule has 5 nitrogen and oxygen atoms in total. The molecule has 0 bridgehead atoms. The summed E-state index contributed by atoms with van der Waals surface area (Å²) in [5, 5.41) is 0. The van der Waals surface area contributed by atoms with Crippen LogP contribution < -0.4 is 15.2 Å². The Kier molecular flexibility index (Phi) is 4.62. The first-order chi connectivity index (χ1) is 9.97. The number of hydrogen-bond donors (Lipinski definition) is 1. The Morgan fingerprint density at radius 3 is 2.14 bits per heavy atom. The van der Waals surface area contributed by atoms with Crippen molar-refractivity contribution in [3.05, 3.63) is 36.2 Å². The molecule has 0 saturated heterocycles. The molecule has 1 aromatic heterocycles. The number of aromatic nitrogens is 2. The zero-order valence-corrected chi connectivity index (χ0v) is 12.8. The molecule has 0 radical (unpaired) electrons. The molecule has 1 heterocycles. The molecular formula is C16H21N3O2. The second kappa shape index (κ2) is 6.43. The molecule has 2 aromatic rings. The molecule has 112 valence electrons. The van der Waals surface area contributed by atoms with E-state index in [0.29, 0.717) is 29.1 Å². The highest BCUT2D eigenvalue weighted by atomic mass is 16.5. The molecule has 5 heteroatoms. The predicted molar refractivity (Wildman–Crippen MR) is 82.8 cm³/mol. The summed E-state index contributed by atoms with van der Waals surface area (Å²) in [5.74, 6) is 1.81. The van der Waals surface area contributed by atoms with E-state index in [0.717, 1.165) is 0 Å². The van der Waals surface area contributed by atoms with Gasteiger partial charge in [0.15, 0.2) is 5.69 Å². The van der Waals surface area contributed by atoms with Crippen molar-refractivity contribution in [1.29, 1.82) is 0 Å². The maximum absolute atomic E-state index is 5.98. The number of nitrogen functional groups attached to an aromatic ring is 1. The van der Waals surface area contributed by atoms with E-state index in [9.17, 15) is 0 Å². The van der Waals surface area contributed by atoms with Crippen molar-refractivity contribution in [2.24, 2.45) is 0 Å². The summed E-state index contributed by atoms with van der Waals surface area (Å²) in [6, 6.07) is 7.87. The van der Waals surface area contributed by atoms with Gasteiger partial charge in [0.25, 0.3) is 0 Å². The number of rotatable bonds is 5. The normalized spacial score (nSPS) is 11.0. The van der Waals surface area contributed by atoms with Crippen LogP contribution >= 0.6 is 0 Å². The number of ether oxygens (including phenoxy) is 2. The molecular weight excluding hydrogens is 266 g/mol. The average molecular weight is 287 g/mol. The Hall–Kier alpha value is -2.30. The monoisotopic (exact) mass is 287 g/mol. The fraction of sp³-hybridized carbons (Fsp3) is 0.375. The van der Waals surface area contributed by atoms with Crippen molar-refractivity contribution < 1.29 is 9.47 Å². The van der Waals surface area contributed by atoms with Gasteiger partial charge in [-0.3, -0.25) is 0 Å². The van der Waals surface area contributed by atoms with Gasteiger partial charge in [0.2, 0.25) is 11.8 Å². The van der Waals surface area contributed by atoms with Gasteiger partial charge in [0, 0.05) is 0 Å². The molecule has 1 aromatic carbocycles. The summed E-state index contributed by atoms with van der Waals surface area (Å²) < 4.78 is 11.2. The van der Waals surface area contributed by atoms with Crippen molar-refractivity contribution in [2.75, 3.05) is 5.73 Å². The van der Waals surface area contributed by atoms with E-state index in [1.807, 2.05) is 38.1 Å². The minimum Gasteiger partial charge on any atom is -0.473 e. The third-order valence-corrected chi connectivity index (χ3v) is 2.92. The molecule has 0 spiro atoms. The first-order valence-corrected chi connectivity index (χ1v) is 7.02. The molecule has 0 aliphatic rings. The number of nitrogens with two attached hydrogens (primary N) is 1. The number of anilines is 1. The summed E-state index contributed by atoms with van der Waals surface area (Å²) >= 11 is 0. The van der Waals surface area contributed by atoms with Crippen LogP contribution in [-0.4, -0.2) is 16.1 Å². The Bertz CT molecular complexity index is 595. The summed E-state index contributed by atoms with van der Waals surface area (Å²) in [7, 11) is 0. The maximum atomic E-state index is 5.98. The van der Waals surface area contributed by atoms with Crippen LogP contribution in [0.4, 0.5) is 5.69 Å². The third kappa shape index (κ3) is 3.84. The lowest BCUT2D eigenvalue weighted by Crippen LogP contribution is -2.10. The van der Waals surface area contributed by atoms with E-state index in [2.05, 4.69) is 23.8 Å². The van der Waals surface area contributed by atoms with Gasteiger partial charge in [-0.05, 0) is 37.5 Å². The number of hydrogen-bond acceptors (Lipinski definition) is 5. The van der Waals surface area contributed by atoms with Crippen LogP contribution in [0.3, 0.4) is 0 Å². The fourth-order valence-corrected chi connectivity index (χ4v) is 1.80. The maximum Gasteiger partial charge on any atom is 0.249 e. The fourth-order valence-electron chi connectivity index (χ4n) is 1.80. The number of nitrogens with zero attached hydrogens (tertiary/aromatic N) is 2. The molecule has 0 saturated carbocycles. The summed E-state index contributed by atoms with van der Waals surface area (Å²) in [6.45, 7) is 8.11. The van der Waals surface area contributed by atoms with Crippen molar-refractivity contribution >= 4 is 5.69 Å². The SMILES string of the molecule is CC(C)Oc1ncnc(Oc2ccc(C(C)C)cc2)c1N. The van der Waals surface area contributed by atoms with Crippen molar-refractivity contribution in [2.45, 2.75) is 39.7 Å². The lowest BCUT2D eigenvalue weighted by molar-refractivity contribution is 0.233. The Labute approximate surface area is 125 Å². The van der Waals surface area contributed by atoms with Crippen molar-refractivity contribution in [3.8, 4) is 17.5 Å². The van der Waals surface area contributed by atoms with Crippen molar-refractivity contribution in [1.82, 2.24) is 9.97 Å². The van der Waals surface area contributed by atoms with Crippen LogP contribution in [0.15, 0.2) is 30.6 Å². The highest BCUT2D eigenvalue weighted by Crippen LogP contribution is 2.31. The van der Waals surface area contributed by atoms with Gasteiger partial charge in [-0.15, -0.1) is 0 Å². The van der Waals surface area contributed by atoms with Crippen LogP contribution in [0.25, 0.3) is 0 Å². The van der Waals surface area contributed by atoms with E-state index in [-0.39, 0.29) is 6.10 Å². The lowest BCUT2D eigenvalue weighted by atomic mass is 10.0. The minimum absolute atomic E-state index is 0.0135. The van der Waals surface area contributed by atoms with E-state index in [1.165, 1.54) is 11.9 Å². The Morgan fingerprint density at radius 1 is 0.952 bits per heavy atom. The molecule has 0 fully saturated rings. The van der Waals surface area contributed by atoms with Gasteiger partial charge < -0.3 is 15.2 Å². The zero-order chi connectivity index (χ0) is 15.4. The Morgan fingerprint density at radius 2 is 1.57 bits per heavy atom. The topological polar surface area (TPSA) is 70.3 Å². The van der Waals surface area contributed by atoms with E-state index in [1.54, 1.807) is 0 Å². The quantitative estimate of drug-likeness (QED) is 0.906. The molecule has 21 heavy (non-hydrogen) atoms. The van der Waals surface area contributed by atoms with Gasteiger partial charge in [0.05, 0.1) is 6.10 Å². The highest BCUT2D eigenvalue weighted by Gasteiger charge is 2.12.